The maximum Gasteiger partial charge on any atom is 0.221 e. The quantitative estimate of drug-likeness (QED) is 0.420. The van der Waals surface area contributed by atoms with E-state index >= 15 is 0 Å². The summed E-state index contributed by atoms with van der Waals surface area (Å²) in [5.74, 6) is 1.62. The molecule has 6 nitrogen and oxygen atoms in total. The van der Waals surface area contributed by atoms with E-state index in [2.05, 4.69) is 15.5 Å². The lowest BCUT2D eigenvalue weighted by atomic mass is 10.2. The summed E-state index contributed by atoms with van der Waals surface area (Å²) < 4.78 is 8.07. The van der Waals surface area contributed by atoms with Crippen LogP contribution >= 0.6 is 23.6 Å². The largest absolute Gasteiger partial charge is 0.494 e. The number of aromatic amines is 1. The summed E-state index contributed by atoms with van der Waals surface area (Å²) in [5.41, 5.74) is 1.17. The fourth-order valence-corrected chi connectivity index (χ4v) is 3.56. The van der Waals surface area contributed by atoms with Gasteiger partial charge in [0.25, 0.3) is 0 Å². The Labute approximate surface area is 167 Å². The third-order valence-corrected chi connectivity index (χ3v) is 5.14. The van der Waals surface area contributed by atoms with Crippen molar-refractivity contribution in [1.82, 2.24) is 20.1 Å². The molecule has 1 amide bonds. The van der Waals surface area contributed by atoms with Gasteiger partial charge in [-0.3, -0.25) is 14.5 Å². The Bertz CT molecular complexity index is 931. The lowest BCUT2D eigenvalue weighted by molar-refractivity contribution is -0.121. The van der Waals surface area contributed by atoms with Gasteiger partial charge in [0, 0.05) is 19.5 Å². The molecule has 0 spiro atoms. The summed E-state index contributed by atoms with van der Waals surface area (Å²) >= 11 is 6.87. The van der Waals surface area contributed by atoms with E-state index in [0.29, 0.717) is 30.9 Å². The van der Waals surface area contributed by atoms with Gasteiger partial charge in [-0.25, -0.2) is 0 Å². The number of aryl methyl sites for hydroxylation is 1. The van der Waals surface area contributed by atoms with Gasteiger partial charge in [-0.2, -0.15) is 5.10 Å². The van der Waals surface area contributed by atoms with Crippen molar-refractivity contribution in [3.8, 4) is 16.5 Å². The van der Waals surface area contributed by atoms with E-state index in [-0.39, 0.29) is 5.91 Å². The molecular weight excluding hydrogens is 380 g/mol. The highest BCUT2D eigenvalue weighted by atomic mass is 32.1. The number of ether oxygens (including phenoxy) is 1. The number of thiophene rings is 1. The van der Waals surface area contributed by atoms with Gasteiger partial charge in [0.1, 0.15) is 5.75 Å². The van der Waals surface area contributed by atoms with Gasteiger partial charge in [-0.15, -0.1) is 11.3 Å². The molecule has 0 radical (unpaired) electrons. The van der Waals surface area contributed by atoms with Crippen LogP contribution in [0.1, 0.15) is 18.4 Å². The Kier molecular flexibility index (Phi) is 6.78. The minimum Gasteiger partial charge on any atom is -0.494 e. The van der Waals surface area contributed by atoms with Gasteiger partial charge in [0.05, 0.1) is 11.5 Å². The van der Waals surface area contributed by atoms with Crippen LogP contribution in [0.5, 0.6) is 5.75 Å². The van der Waals surface area contributed by atoms with E-state index in [1.807, 2.05) is 53.3 Å². The van der Waals surface area contributed by atoms with E-state index in [1.54, 1.807) is 11.3 Å². The van der Waals surface area contributed by atoms with Crippen LogP contribution < -0.4 is 10.1 Å². The molecule has 8 heteroatoms. The SMILES string of the molecule is Cc1cccc(OCCCNC(=O)CCn2c(-c3cccs3)n[nH]c2=S)c1. The molecule has 142 valence electrons. The van der Waals surface area contributed by atoms with Crippen LogP contribution in [0.4, 0.5) is 0 Å². The summed E-state index contributed by atoms with van der Waals surface area (Å²) in [4.78, 5) is 13.1. The molecular formula is C19H22N4O2S2. The monoisotopic (exact) mass is 402 g/mol. The topological polar surface area (TPSA) is 71.9 Å². The zero-order valence-corrected chi connectivity index (χ0v) is 16.7. The maximum absolute atomic E-state index is 12.1. The first-order valence-corrected chi connectivity index (χ1v) is 10.1. The van der Waals surface area contributed by atoms with Crippen LogP contribution in [0.25, 0.3) is 10.7 Å². The highest BCUT2D eigenvalue weighted by molar-refractivity contribution is 7.71. The van der Waals surface area contributed by atoms with Gasteiger partial charge in [0.15, 0.2) is 10.6 Å². The van der Waals surface area contributed by atoms with Crippen molar-refractivity contribution in [2.75, 3.05) is 13.2 Å². The van der Waals surface area contributed by atoms with Crippen molar-refractivity contribution in [2.45, 2.75) is 26.3 Å². The highest BCUT2D eigenvalue weighted by Crippen LogP contribution is 2.22. The Morgan fingerprint density at radius 3 is 3.04 bits per heavy atom. The molecule has 0 aliphatic rings. The average molecular weight is 403 g/mol. The molecule has 0 aliphatic carbocycles. The standard InChI is InChI=1S/C19H22N4O2S2/c1-14-5-2-6-15(13-14)25-11-4-9-20-17(24)8-10-23-18(21-22-19(23)26)16-7-3-12-27-16/h2-3,5-7,12-13H,4,8-11H2,1H3,(H,20,24)(H,22,26). The molecule has 3 aromatic rings. The maximum atomic E-state index is 12.1. The number of hydrogen-bond acceptors (Lipinski definition) is 5. The summed E-state index contributed by atoms with van der Waals surface area (Å²) in [5, 5.41) is 12.0. The average Bonchev–Trinajstić information content (AvgIpc) is 3.29. The van der Waals surface area contributed by atoms with Crippen LogP contribution in [-0.4, -0.2) is 33.8 Å². The summed E-state index contributed by atoms with van der Waals surface area (Å²) in [7, 11) is 0. The molecule has 1 aromatic carbocycles. The number of rotatable bonds is 9. The molecule has 0 atom stereocenters. The second kappa shape index (κ2) is 9.48. The number of carbonyl (C=O) groups excluding carboxylic acids is 1. The minimum atomic E-state index is -0.00853. The number of aromatic nitrogens is 3. The first-order chi connectivity index (χ1) is 13.1. The summed E-state index contributed by atoms with van der Waals surface area (Å²) in [6.07, 6.45) is 1.11. The Hall–Kier alpha value is -2.45. The number of amides is 1. The van der Waals surface area contributed by atoms with Gasteiger partial charge in [-0.05, 0) is 54.7 Å². The number of nitrogens with zero attached hydrogens (tertiary/aromatic N) is 2. The van der Waals surface area contributed by atoms with E-state index in [4.69, 9.17) is 17.0 Å². The van der Waals surface area contributed by atoms with Crippen LogP contribution in [0.15, 0.2) is 41.8 Å². The van der Waals surface area contributed by atoms with Gasteiger partial charge in [0.2, 0.25) is 5.91 Å². The molecule has 2 N–H and O–H groups in total. The van der Waals surface area contributed by atoms with Crippen LogP contribution in [0.2, 0.25) is 0 Å². The molecule has 0 aliphatic heterocycles. The van der Waals surface area contributed by atoms with E-state index in [0.717, 1.165) is 22.9 Å². The highest BCUT2D eigenvalue weighted by Gasteiger charge is 2.11. The van der Waals surface area contributed by atoms with Crippen molar-refractivity contribution >= 4 is 29.5 Å². The van der Waals surface area contributed by atoms with Crippen molar-refractivity contribution in [1.29, 1.82) is 0 Å². The minimum absolute atomic E-state index is 0.00853. The molecule has 0 unspecified atom stereocenters. The van der Waals surface area contributed by atoms with Gasteiger partial charge >= 0.3 is 0 Å². The first kappa shape index (κ1) is 19.3. The smallest absolute Gasteiger partial charge is 0.221 e. The molecule has 2 aromatic heterocycles. The molecule has 0 saturated carbocycles. The fourth-order valence-electron chi connectivity index (χ4n) is 2.62. The van der Waals surface area contributed by atoms with Gasteiger partial charge in [-0.1, -0.05) is 18.2 Å². The molecule has 0 bridgehead atoms. The lowest BCUT2D eigenvalue weighted by Gasteiger charge is -2.09. The van der Waals surface area contributed by atoms with Gasteiger partial charge < -0.3 is 10.1 Å². The third kappa shape index (κ3) is 5.51. The lowest BCUT2D eigenvalue weighted by Crippen LogP contribution is -2.26. The number of H-pyrrole nitrogens is 1. The van der Waals surface area contributed by atoms with E-state index < -0.39 is 0 Å². The first-order valence-electron chi connectivity index (χ1n) is 8.79. The Morgan fingerprint density at radius 1 is 1.37 bits per heavy atom. The number of benzene rings is 1. The summed E-state index contributed by atoms with van der Waals surface area (Å²) in [6, 6.07) is 11.9. The second-order valence-electron chi connectivity index (χ2n) is 6.10. The molecule has 0 fully saturated rings. The van der Waals surface area contributed by atoms with Crippen LogP contribution in [0, 0.1) is 11.7 Å². The normalized spacial score (nSPS) is 10.7. The molecule has 0 saturated heterocycles. The molecule has 2 heterocycles. The third-order valence-electron chi connectivity index (χ3n) is 3.96. The van der Waals surface area contributed by atoms with Crippen LogP contribution in [0.3, 0.4) is 0 Å². The van der Waals surface area contributed by atoms with E-state index in [1.165, 1.54) is 5.56 Å². The summed E-state index contributed by atoms with van der Waals surface area (Å²) in [6.45, 7) is 3.68. The van der Waals surface area contributed by atoms with Crippen LogP contribution in [-0.2, 0) is 11.3 Å². The zero-order chi connectivity index (χ0) is 19.1. The van der Waals surface area contributed by atoms with Crippen molar-refractivity contribution in [3.63, 3.8) is 0 Å². The Morgan fingerprint density at radius 2 is 2.26 bits per heavy atom. The second-order valence-corrected chi connectivity index (χ2v) is 7.43. The Balaban J connectivity index is 1.39. The van der Waals surface area contributed by atoms with Crippen molar-refractivity contribution in [3.05, 3.63) is 52.1 Å². The molecule has 27 heavy (non-hydrogen) atoms. The van der Waals surface area contributed by atoms with Crippen molar-refractivity contribution < 1.29 is 9.53 Å². The fraction of sp³-hybridized carbons (Fsp3) is 0.316. The number of hydrogen-bond donors (Lipinski definition) is 2. The van der Waals surface area contributed by atoms with E-state index in [9.17, 15) is 4.79 Å². The van der Waals surface area contributed by atoms with Crippen molar-refractivity contribution in [2.24, 2.45) is 0 Å². The number of nitrogens with one attached hydrogen (secondary N) is 2. The molecule has 3 rings (SSSR count). The predicted octanol–water partition coefficient (Wildman–Crippen LogP) is 3.95. The zero-order valence-electron chi connectivity index (χ0n) is 15.1. The predicted molar refractivity (Wildman–Crippen MR) is 110 cm³/mol. The number of carbonyl (C=O) groups is 1.